The third kappa shape index (κ3) is 4.46. The lowest BCUT2D eigenvalue weighted by atomic mass is 10.1. The van der Waals surface area contributed by atoms with Crippen LogP contribution >= 0.6 is 0 Å². The molecule has 4 heterocycles. The third-order valence-corrected chi connectivity index (χ3v) is 5.93. The van der Waals surface area contributed by atoms with Gasteiger partial charge < -0.3 is 15.0 Å². The largest absolute Gasteiger partial charge is 0.478 e. The Hall–Kier alpha value is -3.20. The van der Waals surface area contributed by atoms with Crippen LogP contribution in [-0.4, -0.2) is 65.4 Å². The van der Waals surface area contributed by atoms with Crippen molar-refractivity contribution in [2.75, 3.05) is 49.5 Å². The molecular weight excluding hydrogens is 396 g/mol. The minimum Gasteiger partial charge on any atom is -0.478 e. The molecular formula is C22H26N6O3. The molecule has 162 valence electrons. The highest BCUT2D eigenvalue weighted by Crippen LogP contribution is 2.25. The van der Waals surface area contributed by atoms with Gasteiger partial charge in [0.15, 0.2) is 5.52 Å². The maximum absolute atomic E-state index is 11.5. The number of fused-ring (bicyclic) bond motifs is 2. The number of pyridine rings is 1. The van der Waals surface area contributed by atoms with Crippen molar-refractivity contribution >= 4 is 28.4 Å². The quantitative estimate of drug-likeness (QED) is 0.580. The van der Waals surface area contributed by atoms with E-state index in [0.29, 0.717) is 24.7 Å². The van der Waals surface area contributed by atoms with Crippen molar-refractivity contribution in [1.82, 2.24) is 20.2 Å². The van der Waals surface area contributed by atoms with Gasteiger partial charge in [-0.05, 0) is 59.9 Å². The second kappa shape index (κ2) is 8.89. The number of hydrogen-bond acceptors (Lipinski definition) is 8. The molecule has 2 aliphatic heterocycles. The van der Waals surface area contributed by atoms with Gasteiger partial charge in [-0.2, -0.15) is 4.98 Å². The van der Waals surface area contributed by atoms with Crippen LogP contribution in [0.1, 0.15) is 24.8 Å². The molecule has 0 unspecified atom stereocenters. The fourth-order valence-corrected chi connectivity index (χ4v) is 4.18. The minimum atomic E-state index is 0.0200. The number of aryl methyl sites for hydroxylation is 1. The van der Waals surface area contributed by atoms with Crippen molar-refractivity contribution < 1.29 is 14.2 Å². The van der Waals surface area contributed by atoms with Crippen molar-refractivity contribution in [2.24, 2.45) is 0 Å². The minimum absolute atomic E-state index is 0.0200. The Kier molecular flexibility index (Phi) is 5.66. The molecule has 1 N–H and O–H groups in total. The van der Waals surface area contributed by atoms with E-state index in [1.54, 1.807) is 0 Å². The van der Waals surface area contributed by atoms with E-state index < -0.39 is 0 Å². The zero-order chi connectivity index (χ0) is 21.0. The number of benzene rings is 1. The van der Waals surface area contributed by atoms with Crippen LogP contribution < -0.4 is 15.0 Å². The smallest absolute Gasteiger partial charge is 0.225 e. The Morgan fingerprint density at radius 2 is 1.94 bits per heavy atom. The summed E-state index contributed by atoms with van der Waals surface area (Å²) in [5.74, 6) is 1.24. The molecule has 1 fully saturated rings. The molecule has 5 rings (SSSR count). The van der Waals surface area contributed by atoms with Crippen molar-refractivity contribution in [3.63, 3.8) is 0 Å². The highest BCUT2D eigenvalue weighted by molar-refractivity contribution is 5.92. The highest BCUT2D eigenvalue weighted by Gasteiger charge is 2.20. The van der Waals surface area contributed by atoms with E-state index >= 15 is 0 Å². The summed E-state index contributed by atoms with van der Waals surface area (Å²) in [4.78, 5) is 20.8. The topological polar surface area (TPSA) is 96.6 Å². The Morgan fingerprint density at radius 1 is 1.03 bits per heavy atom. The molecule has 0 radical (unpaired) electrons. The number of carbonyl (C=O) groups excluding carboxylic acids is 1. The Balaban J connectivity index is 1.03. The Labute approximate surface area is 180 Å². The van der Waals surface area contributed by atoms with Crippen LogP contribution in [-0.2, 0) is 11.2 Å². The molecule has 2 aliphatic rings. The van der Waals surface area contributed by atoms with Gasteiger partial charge in [-0.1, -0.05) is 6.07 Å². The summed E-state index contributed by atoms with van der Waals surface area (Å²) in [5.41, 5.74) is 3.81. The monoisotopic (exact) mass is 422 g/mol. The SMILES string of the molecule is O=C1CCc2ccc(OCCCCN3CCN(c4cccc5nonc45)CC3)nc2N1. The molecule has 1 aromatic carbocycles. The predicted molar refractivity (Wildman–Crippen MR) is 116 cm³/mol. The molecule has 2 aromatic heterocycles. The summed E-state index contributed by atoms with van der Waals surface area (Å²) in [7, 11) is 0. The number of rotatable bonds is 7. The van der Waals surface area contributed by atoms with Gasteiger partial charge in [-0.3, -0.25) is 9.69 Å². The molecule has 31 heavy (non-hydrogen) atoms. The molecule has 3 aromatic rings. The van der Waals surface area contributed by atoms with E-state index in [0.717, 1.165) is 74.3 Å². The van der Waals surface area contributed by atoms with Gasteiger partial charge in [0.2, 0.25) is 11.8 Å². The number of carbonyl (C=O) groups is 1. The van der Waals surface area contributed by atoms with Gasteiger partial charge in [0.1, 0.15) is 11.3 Å². The van der Waals surface area contributed by atoms with Gasteiger partial charge in [-0.15, -0.1) is 0 Å². The van der Waals surface area contributed by atoms with Gasteiger partial charge in [0.25, 0.3) is 0 Å². The van der Waals surface area contributed by atoms with Crippen LogP contribution in [0.4, 0.5) is 11.5 Å². The van der Waals surface area contributed by atoms with Crippen LogP contribution in [0.25, 0.3) is 11.0 Å². The summed E-state index contributed by atoms with van der Waals surface area (Å²) in [6.45, 7) is 5.66. The van der Waals surface area contributed by atoms with Gasteiger partial charge in [0.05, 0.1) is 12.3 Å². The molecule has 0 bridgehead atoms. The highest BCUT2D eigenvalue weighted by atomic mass is 16.6. The molecule has 9 nitrogen and oxygen atoms in total. The Bertz CT molecular complexity index is 1060. The standard InChI is InChI=1S/C22H26N6O3/c29-19-8-6-16-7-9-20(24-22(16)23-19)30-15-2-1-10-27-11-13-28(14-12-27)18-5-3-4-17-21(18)26-31-25-17/h3-5,7,9H,1-2,6,8,10-15H2,(H,23,24,29). The van der Waals surface area contributed by atoms with Gasteiger partial charge >= 0.3 is 0 Å². The first-order chi connectivity index (χ1) is 15.3. The molecule has 0 saturated carbocycles. The number of nitrogens with zero attached hydrogens (tertiary/aromatic N) is 5. The summed E-state index contributed by atoms with van der Waals surface area (Å²) < 4.78 is 10.7. The van der Waals surface area contributed by atoms with Crippen LogP contribution in [0.2, 0.25) is 0 Å². The average molecular weight is 422 g/mol. The number of piperazine rings is 1. The zero-order valence-corrected chi connectivity index (χ0v) is 17.4. The maximum Gasteiger partial charge on any atom is 0.225 e. The third-order valence-electron chi connectivity index (χ3n) is 5.93. The zero-order valence-electron chi connectivity index (χ0n) is 17.4. The fourth-order valence-electron chi connectivity index (χ4n) is 4.18. The van der Waals surface area contributed by atoms with Gasteiger partial charge in [-0.25, -0.2) is 4.63 Å². The van der Waals surface area contributed by atoms with Gasteiger partial charge in [0, 0.05) is 38.7 Å². The van der Waals surface area contributed by atoms with Crippen molar-refractivity contribution in [3.05, 3.63) is 35.9 Å². The van der Waals surface area contributed by atoms with Crippen LogP contribution in [0.15, 0.2) is 35.0 Å². The summed E-state index contributed by atoms with van der Waals surface area (Å²) in [6, 6.07) is 9.88. The van der Waals surface area contributed by atoms with E-state index in [9.17, 15) is 4.79 Å². The number of anilines is 2. The second-order valence-electron chi connectivity index (χ2n) is 8.00. The number of unbranched alkanes of at least 4 members (excludes halogenated alkanes) is 1. The lowest BCUT2D eigenvalue weighted by molar-refractivity contribution is -0.116. The first-order valence-corrected chi connectivity index (χ1v) is 10.9. The van der Waals surface area contributed by atoms with Crippen molar-refractivity contribution in [2.45, 2.75) is 25.7 Å². The van der Waals surface area contributed by atoms with E-state index in [2.05, 4.69) is 36.5 Å². The maximum atomic E-state index is 11.5. The lowest BCUT2D eigenvalue weighted by Gasteiger charge is -2.36. The average Bonchev–Trinajstić information content (AvgIpc) is 3.28. The van der Waals surface area contributed by atoms with Crippen LogP contribution in [0.3, 0.4) is 0 Å². The molecule has 0 atom stereocenters. The lowest BCUT2D eigenvalue weighted by Crippen LogP contribution is -2.46. The van der Waals surface area contributed by atoms with Crippen molar-refractivity contribution in [1.29, 1.82) is 0 Å². The van der Waals surface area contributed by atoms with Crippen LogP contribution in [0.5, 0.6) is 5.88 Å². The first-order valence-electron chi connectivity index (χ1n) is 10.9. The first kappa shape index (κ1) is 19.7. The number of amides is 1. The number of nitrogens with one attached hydrogen (secondary N) is 1. The molecule has 0 spiro atoms. The summed E-state index contributed by atoms with van der Waals surface area (Å²) in [5, 5.41) is 10.8. The van der Waals surface area contributed by atoms with E-state index in [1.165, 1.54) is 0 Å². The van der Waals surface area contributed by atoms with E-state index in [4.69, 9.17) is 9.37 Å². The number of aromatic nitrogens is 3. The van der Waals surface area contributed by atoms with Crippen LogP contribution in [0, 0.1) is 0 Å². The van der Waals surface area contributed by atoms with E-state index in [1.807, 2.05) is 24.3 Å². The number of ether oxygens (including phenoxy) is 1. The summed E-state index contributed by atoms with van der Waals surface area (Å²) >= 11 is 0. The fraction of sp³-hybridized carbons (Fsp3) is 0.455. The van der Waals surface area contributed by atoms with Crippen molar-refractivity contribution in [3.8, 4) is 5.88 Å². The molecule has 1 amide bonds. The summed E-state index contributed by atoms with van der Waals surface area (Å²) in [6.07, 6.45) is 3.31. The Morgan fingerprint density at radius 3 is 2.84 bits per heavy atom. The predicted octanol–water partition coefficient (Wildman–Crippen LogP) is 2.48. The van der Waals surface area contributed by atoms with E-state index in [-0.39, 0.29) is 5.91 Å². The normalized spacial score (nSPS) is 16.9. The molecule has 1 saturated heterocycles. The second-order valence-corrected chi connectivity index (χ2v) is 8.00. The molecule has 0 aliphatic carbocycles. The number of hydrogen-bond donors (Lipinski definition) is 1. The molecule has 9 heteroatoms.